The highest BCUT2D eigenvalue weighted by Crippen LogP contribution is 2.42. The molecule has 0 unspecified atom stereocenters. The summed E-state index contributed by atoms with van der Waals surface area (Å²) in [5.41, 5.74) is 3.78. The van der Waals surface area contributed by atoms with Crippen LogP contribution in [-0.4, -0.2) is 25.5 Å². The van der Waals surface area contributed by atoms with Gasteiger partial charge in [0.2, 0.25) is 0 Å². The van der Waals surface area contributed by atoms with Crippen LogP contribution in [0.4, 0.5) is 5.69 Å². The second-order valence-corrected chi connectivity index (χ2v) is 9.86. The number of fused-ring (bicyclic) bond motifs is 2. The average molecular weight is 525 g/mol. The Morgan fingerprint density at radius 1 is 0.868 bits per heavy atom. The highest BCUT2D eigenvalue weighted by molar-refractivity contribution is 7.99. The van der Waals surface area contributed by atoms with Crippen molar-refractivity contribution in [2.45, 2.75) is 29.8 Å². The van der Waals surface area contributed by atoms with Gasteiger partial charge in [-0.2, -0.15) is 0 Å². The first-order chi connectivity index (χ1) is 18.6. The number of nitrogens with one attached hydrogen (secondary N) is 1. The van der Waals surface area contributed by atoms with E-state index in [1.54, 1.807) is 12.0 Å². The zero-order valence-corrected chi connectivity index (χ0v) is 22.1. The van der Waals surface area contributed by atoms with Crippen LogP contribution in [0.5, 0.6) is 11.5 Å². The van der Waals surface area contributed by atoms with Gasteiger partial charge in [0.05, 0.1) is 31.5 Å². The second-order valence-electron chi connectivity index (χ2n) is 8.78. The summed E-state index contributed by atoms with van der Waals surface area (Å²) in [5.74, 6) is 1.25. The first-order valence-electron chi connectivity index (χ1n) is 12.4. The van der Waals surface area contributed by atoms with Crippen molar-refractivity contribution in [2.75, 3.05) is 18.6 Å². The Morgan fingerprint density at radius 3 is 2.32 bits per heavy atom. The molecular formula is C31H28N2O4S. The molecule has 4 aromatic carbocycles. The zero-order chi connectivity index (χ0) is 26.5. The van der Waals surface area contributed by atoms with Crippen LogP contribution in [0, 0.1) is 0 Å². The molecule has 0 saturated heterocycles. The smallest absolute Gasteiger partial charge is 0.259 e. The summed E-state index contributed by atoms with van der Waals surface area (Å²) < 4.78 is 10.8. The maximum atomic E-state index is 13.8. The standard InChI is InChI=1S/C31H28N2O4S/c1-3-37-25-15-10-22(11-16-25)20-33-27-18-23(30(34)32-19-21-8-13-24(36-2)14-9-21)12-17-29(27)38-28-7-5-4-6-26(28)31(33)35/h4-18H,3,19-20H2,1-2H3,(H,32,34). The largest absolute Gasteiger partial charge is 0.497 e. The Hall–Kier alpha value is -4.23. The molecule has 1 heterocycles. The fourth-order valence-electron chi connectivity index (χ4n) is 4.29. The van der Waals surface area contributed by atoms with Crippen molar-refractivity contribution in [1.29, 1.82) is 0 Å². The van der Waals surface area contributed by atoms with Gasteiger partial charge in [-0.3, -0.25) is 9.59 Å². The average Bonchev–Trinajstić information content (AvgIpc) is 3.07. The molecule has 0 atom stereocenters. The van der Waals surface area contributed by atoms with E-state index in [4.69, 9.17) is 9.47 Å². The number of hydrogen-bond acceptors (Lipinski definition) is 5. The number of hydrogen-bond donors (Lipinski definition) is 1. The van der Waals surface area contributed by atoms with E-state index in [1.807, 2.05) is 97.9 Å². The molecule has 0 bridgehead atoms. The van der Waals surface area contributed by atoms with Gasteiger partial charge in [0, 0.05) is 21.9 Å². The Bertz CT molecular complexity index is 1450. The fourth-order valence-corrected chi connectivity index (χ4v) is 5.35. The monoisotopic (exact) mass is 524 g/mol. The van der Waals surface area contributed by atoms with E-state index in [9.17, 15) is 9.59 Å². The summed E-state index contributed by atoms with van der Waals surface area (Å²) in [4.78, 5) is 30.5. The molecule has 0 aromatic heterocycles. The quantitative estimate of drug-likeness (QED) is 0.292. The topological polar surface area (TPSA) is 67.9 Å². The lowest BCUT2D eigenvalue weighted by atomic mass is 10.1. The molecule has 5 rings (SSSR count). The third-order valence-electron chi connectivity index (χ3n) is 6.28. The van der Waals surface area contributed by atoms with Gasteiger partial charge in [0.1, 0.15) is 11.5 Å². The number of methoxy groups -OCH3 is 1. The van der Waals surface area contributed by atoms with Crippen LogP contribution in [0.1, 0.15) is 38.8 Å². The number of rotatable bonds is 8. The van der Waals surface area contributed by atoms with E-state index in [-0.39, 0.29) is 11.8 Å². The second kappa shape index (κ2) is 11.4. The van der Waals surface area contributed by atoms with Gasteiger partial charge >= 0.3 is 0 Å². The molecule has 0 spiro atoms. The van der Waals surface area contributed by atoms with Crippen LogP contribution in [0.2, 0.25) is 0 Å². The van der Waals surface area contributed by atoms with Gasteiger partial charge in [0.15, 0.2) is 0 Å². The zero-order valence-electron chi connectivity index (χ0n) is 21.3. The van der Waals surface area contributed by atoms with Crippen LogP contribution in [0.3, 0.4) is 0 Å². The fraction of sp³-hybridized carbons (Fsp3) is 0.161. The lowest BCUT2D eigenvalue weighted by Gasteiger charge is -2.24. The molecule has 2 amide bonds. The predicted molar refractivity (Wildman–Crippen MR) is 149 cm³/mol. The molecule has 6 nitrogen and oxygen atoms in total. The van der Waals surface area contributed by atoms with Gasteiger partial charge < -0.3 is 19.7 Å². The van der Waals surface area contributed by atoms with Crippen molar-refractivity contribution in [2.24, 2.45) is 0 Å². The van der Waals surface area contributed by atoms with Crippen molar-refractivity contribution < 1.29 is 19.1 Å². The van der Waals surface area contributed by atoms with Crippen molar-refractivity contribution in [3.05, 3.63) is 113 Å². The van der Waals surface area contributed by atoms with E-state index in [0.717, 1.165) is 32.4 Å². The van der Waals surface area contributed by atoms with Gasteiger partial charge in [-0.25, -0.2) is 0 Å². The lowest BCUT2D eigenvalue weighted by molar-refractivity contribution is 0.0947. The third-order valence-corrected chi connectivity index (χ3v) is 7.42. The maximum absolute atomic E-state index is 13.8. The lowest BCUT2D eigenvalue weighted by Crippen LogP contribution is -2.31. The molecule has 192 valence electrons. The highest BCUT2D eigenvalue weighted by Gasteiger charge is 2.28. The molecule has 0 aliphatic carbocycles. The van der Waals surface area contributed by atoms with E-state index < -0.39 is 0 Å². The minimum absolute atomic E-state index is 0.100. The van der Waals surface area contributed by atoms with Gasteiger partial charge in [-0.1, -0.05) is 48.2 Å². The minimum atomic E-state index is -0.205. The predicted octanol–water partition coefficient (Wildman–Crippen LogP) is 6.34. The van der Waals surface area contributed by atoms with Gasteiger partial charge in [-0.15, -0.1) is 0 Å². The number of ether oxygens (including phenoxy) is 2. The first kappa shape index (κ1) is 25.4. The molecule has 0 saturated carbocycles. The van der Waals surface area contributed by atoms with Crippen molar-refractivity contribution in [1.82, 2.24) is 5.32 Å². The number of carbonyl (C=O) groups excluding carboxylic acids is 2. The van der Waals surface area contributed by atoms with Crippen molar-refractivity contribution in [3.8, 4) is 11.5 Å². The normalized spacial score (nSPS) is 12.3. The van der Waals surface area contributed by atoms with E-state index in [1.165, 1.54) is 11.8 Å². The van der Waals surface area contributed by atoms with Crippen LogP contribution >= 0.6 is 11.8 Å². The Kier molecular flexibility index (Phi) is 7.65. The third kappa shape index (κ3) is 5.53. The molecule has 1 aliphatic heterocycles. The minimum Gasteiger partial charge on any atom is -0.497 e. The summed E-state index contributed by atoms with van der Waals surface area (Å²) in [6, 6.07) is 28.5. The van der Waals surface area contributed by atoms with Crippen LogP contribution in [0.25, 0.3) is 0 Å². The number of nitrogens with zero attached hydrogens (tertiary/aromatic N) is 1. The number of anilines is 1. The molecule has 4 aromatic rings. The van der Waals surface area contributed by atoms with E-state index >= 15 is 0 Å². The van der Waals surface area contributed by atoms with E-state index in [0.29, 0.717) is 36.5 Å². The molecule has 0 radical (unpaired) electrons. The molecule has 7 heteroatoms. The highest BCUT2D eigenvalue weighted by atomic mass is 32.2. The Balaban J connectivity index is 1.44. The first-order valence-corrected chi connectivity index (χ1v) is 13.2. The summed E-state index contributed by atoms with van der Waals surface area (Å²) >= 11 is 1.54. The summed E-state index contributed by atoms with van der Waals surface area (Å²) in [6.07, 6.45) is 0. The van der Waals surface area contributed by atoms with Crippen molar-refractivity contribution >= 4 is 29.3 Å². The molecule has 1 N–H and O–H groups in total. The maximum Gasteiger partial charge on any atom is 0.259 e. The number of carbonyl (C=O) groups is 2. The Morgan fingerprint density at radius 2 is 1.58 bits per heavy atom. The van der Waals surface area contributed by atoms with Crippen LogP contribution in [0.15, 0.2) is 101 Å². The Labute approximate surface area is 226 Å². The van der Waals surface area contributed by atoms with Crippen molar-refractivity contribution in [3.63, 3.8) is 0 Å². The van der Waals surface area contributed by atoms with E-state index in [2.05, 4.69) is 5.32 Å². The molecular weight excluding hydrogens is 496 g/mol. The van der Waals surface area contributed by atoms with Crippen LogP contribution < -0.4 is 19.7 Å². The molecule has 0 fully saturated rings. The molecule has 1 aliphatic rings. The SMILES string of the molecule is CCOc1ccc(CN2C(=O)c3ccccc3Sc3ccc(C(=O)NCc4ccc(OC)cc4)cc32)cc1. The molecule has 38 heavy (non-hydrogen) atoms. The number of benzene rings is 4. The van der Waals surface area contributed by atoms with Crippen LogP contribution in [-0.2, 0) is 13.1 Å². The summed E-state index contributed by atoms with van der Waals surface area (Å²) in [5, 5.41) is 2.98. The number of amides is 2. The van der Waals surface area contributed by atoms with Gasteiger partial charge in [0.25, 0.3) is 11.8 Å². The van der Waals surface area contributed by atoms with Gasteiger partial charge in [-0.05, 0) is 72.6 Å². The summed E-state index contributed by atoms with van der Waals surface area (Å²) in [6.45, 7) is 3.29. The summed E-state index contributed by atoms with van der Waals surface area (Å²) in [7, 11) is 1.62.